The second-order valence-corrected chi connectivity index (χ2v) is 6.47. The van der Waals surface area contributed by atoms with E-state index >= 15 is 0 Å². The highest BCUT2D eigenvalue weighted by molar-refractivity contribution is 5.96. The lowest BCUT2D eigenvalue weighted by Crippen LogP contribution is -2.40. The molecule has 3 heterocycles. The Balaban J connectivity index is 1.63. The Bertz CT molecular complexity index is 781. The van der Waals surface area contributed by atoms with Gasteiger partial charge in [-0.25, -0.2) is 4.98 Å². The van der Waals surface area contributed by atoms with Crippen LogP contribution in [0.3, 0.4) is 0 Å². The maximum atomic E-state index is 12.6. The molecule has 1 saturated heterocycles. The Morgan fingerprint density at radius 1 is 1.29 bits per heavy atom. The van der Waals surface area contributed by atoms with E-state index < -0.39 is 0 Å². The molecule has 128 valence electrons. The molecule has 0 unspecified atom stereocenters. The van der Waals surface area contributed by atoms with E-state index in [0.29, 0.717) is 48.1 Å². The quantitative estimate of drug-likeness (QED) is 0.856. The molecule has 1 fully saturated rings. The van der Waals surface area contributed by atoms with Crippen LogP contribution in [0.4, 0.5) is 0 Å². The number of aryl methyl sites for hydroxylation is 3. The third-order valence-electron chi connectivity index (χ3n) is 4.68. The summed E-state index contributed by atoms with van der Waals surface area (Å²) in [5, 5.41) is 3.85. The van der Waals surface area contributed by atoms with Gasteiger partial charge >= 0.3 is 0 Å². The number of piperidine rings is 1. The van der Waals surface area contributed by atoms with E-state index in [4.69, 9.17) is 4.52 Å². The van der Waals surface area contributed by atoms with Crippen molar-refractivity contribution in [1.82, 2.24) is 19.6 Å². The van der Waals surface area contributed by atoms with Gasteiger partial charge in [0, 0.05) is 31.4 Å². The zero-order chi connectivity index (χ0) is 17.3. The smallest absolute Gasteiger partial charge is 0.259 e. The van der Waals surface area contributed by atoms with Crippen molar-refractivity contribution in [3.8, 4) is 0 Å². The van der Waals surface area contributed by atoms with Gasteiger partial charge in [0.25, 0.3) is 11.5 Å². The zero-order valence-corrected chi connectivity index (χ0v) is 14.3. The number of carbonyl (C=O) groups excluding carboxylic acids is 1. The van der Waals surface area contributed by atoms with Gasteiger partial charge in [-0.1, -0.05) is 5.16 Å². The molecule has 0 N–H and O–H groups in total. The highest BCUT2D eigenvalue weighted by Gasteiger charge is 2.27. The van der Waals surface area contributed by atoms with Crippen LogP contribution < -0.4 is 5.56 Å². The van der Waals surface area contributed by atoms with Crippen molar-refractivity contribution in [1.29, 1.82) is 0 Å². The van der Waals surface area contributed by atoms with Gasteiger partial charge < -0.3 is 9.42 Å². The van der Waals surface area contributed by atoms with Gasteiger partial charge in [-0.3, -0.25) is 14.2 Å². The van der Waals surface area contributed by atoms with Gasteiger partial charge in [-0.15, -0.1) is 0 Å². The van der Waals surface area contributed by atoms with Gasteiger partial charge in [0.1, 0.15) is 11.3 Å². The fraction of sp³-hybridized carbons (Fsp3) is 0.529. The Labute approximate surface area is 140 Å². The molecule has 0 aliphatic carbocycles. The Morgan fingerprint density at radius 3 is 2.62 bits per heavy atom. The van der Waals surface area contributed by atoms with Gasteiger partial charge in [0.2, 0.25) is 0 Å². The van der Waals surface area contributed by atoms with E-state index in [1.165, 1.54) is 0 Å². The monoisotopic (exact) mass is 330 g/mol. The lowest BCUT2D eigenvalue weighted by atomic mass is 9.96. The summed E-state index contributed by atoms with van der Waals surface area (Å²) < 4.78 is 6.76. The lowest BCUT2D eigenvalue weighted by molar-refractivity contribution is 0.0680. The first kappa shape index (κ1) is 16.4. The molecular formula is C17H22N4O3. The Kier molecular flexibility index (Phi) is 4.51. The average molecular weight is 330 g/mol. The summed E-state index contributed by atoms with van der Waals surface area (Å²) in [6.45, 7) is 7.34. The van der Waals surface area contributed by atoms with Crippen LogP contribution in [-0.2, 0) is 6.54 Å². The SMILES string of the molecule is Cc1noc(C)c1C(=O)N1CCC(Cn2cncc(C)c2=O)CC1. The van der Waals surface area contributed by atoms with Gasteiger partial charge in [0.15, 0.2) is 0 Å². The molecule has 0 radical (unpaired) electrons. The standard InChI is InChI=1S/C17H22N4O3/c1-11-8-18-10-21(16(11)22)9-14-4-6-20(7-5-14)17(23)15-12(2)19-24-13(15)3/h8,10,14H,4-7,9H2,1-3H3. The number of aromatic nitrogens is 3. The summed E-state index contributed by atoms with van der Waals surface area (Å²) >= 11 is 0. The Morgan fingerprint density at radius 2 is 2.00 bits per heavy atom. The largest absolute Gasteiger partial charge is 0.361 e. The highest BCUT2D eigenvalue weighted by atomic mass is 16.5. The van der Waals surface area contributed by atoms with Crippen molar-refractivity contribution >= 4 is 5.91 Å². The highest BCUT2D eigenvalue weighted by Crippen LogP contribution is 2.22. The van der Waals surface area contributed by atoms with Crippen LogP contribution in [0.5, 0.6) is 0 Å². The van der Waals surface area contributed by atoms with Crippen LogP contribution in [0.1, 0.15) is 40.2 Å². The number of amides is 1. The van der Waals surface area contributed by atoms with Crippen LogP contribution in [0, 0.1) is 26.7 Å². The van der Waals surface area contributed by atoms with Crippen LogP contribution in [0.25, 0.3) is 0 Å². The van der Waals surface area contributed by atoms with Crippen molar-refractivity contribution in [2.75, 3.05) is 13.1 Å². The molecule has 0 aromatic carbocycles. The maximum absolute atomic E-state index is 12.6. The van der Waals surface area contributed by atoms with Crippen molar-refractivity contribution in [3.05, 3.63) is 45.5 Å². The van der Waals surface area contributed by atoms with Gasteiger partial charge in [-0.2, -0.15) is 0 Å². The minimum Gasteiger partial charge on any atom is -0.361 e. The number of likely N-dealkylation sites (tertiary alicyclic amines) is 1. The number of hydrogen-bond acceptors (Lipinski definition) is 5. The van der Waals surface area contributed by atoms with E-state index in [1.807, 2.05) is 4.90 Å². The second-order valence-electron chi connectivity index (χ2n) is 6.47. The summed E-state index contributed by atoms with van der Waals surface area (Å²) in [5.74, 6) is 0.927. The minimum absolute atomic E-state index is 0.0132. The molecule has 24 heavy (non-hydrogen) atoms. The van der Waals surface area contributed by atoms with E-state index in [1.54, 1.807) is 37.9 Å². The summed E-state index contributed by atoms with van der Waals surface area (Å²) in [6.07, 6.45) is 4.92. The van der Waals surface area contributed by atoms with Crippen molar-refractivity contribution < 1.29 is 9.32 Å². The number of rotatable bonds is 3. The average Bonchev–Trinajstić information content (AvgIpc) is 2.91. The molecule has 0 spiro atoms. The first-order valence-electron chi connectivity index (χ1n) is 8.20. The predicted molar refractivity (Wildman–Crippen MR) is 87.8 cm³/mol. The predicted octanol–water partition coefficient (Wildman–Crippen LogP) is 1.71. The molecule has 1 aliphatic rings. The van der Waals surface area contributed by atoms with Gasteiger partial charge in [-0.05, 0) is 39.5 Å². The van der Waals surface area contributed by atoms with E-state index in [2.05, 4.69) is 10.1 Å². The third kappa shape index (κ3) is 3.11. The van der Waals surface area contributed by atoms with Crippen molar-refractivity contribution in [3.63, 3.8) is 0 Å². The van der Waals surface area contributed by atoms with Crippen LogP contribution in [0.2, 0.25) is 0 Å². The molecule has 1 amide bonds. The fourth-order valence-corrected chi connectivity index (χ4v) is 3.23. The second kappa shape index (κ2) is 6.59. The number of carbonyl (C=O) groups is 1. The topological polar surface area (TPSA) is 81.2 Å². The fourth-order valence-electron chi connectivity index (χ4n) is 3.23. The molecule has 0 atom stereocenters. The molecule has 2 aromatic rings. The lowest BCUT2D eigenvalue weighted by Gasteiger charge is -2.32. The number of nitrogens with zero attached hydrogens (tertiary/aromatic N) is 4. The molecule has 0 saturated carbocycles. The summed E-state index contributed by atoms with van der Waals surface area (Å²) in [5.41, 5.74) is 1.88. The normalized spacial score (nSPS) is 15.7. The van der Waals surface area contributed by atoms with Crippen LogP contribution >= 0.6 is 0 Å². The first-order valence-corrected chi connectivity index (χ1v) is 8.20. The summed E-state index contributed by atoms with van der Waals surface area (Å²) in [6, 6.07) is 0. The summed E-state index contributed by atoms with van der Waals surface area (Å²) in [7, 11) is 0. The summed E-state index contributed by atoms with van der Waals surface area (Å²) in [4.78, 5) is 30.6. The van der Waals surface area contributed by atoms with E-state index in [0.717, 1.165) is 12.8 Å². The maximum Gasteiger partial charge on any atom is 0.259 e. The molecule has 1 aliphatic heterocycles. The van der Waals surface area contributed by atoms with Crippen molar-refractivity contribution in [2.24, 2.45) is 5.92 Å². The number of hydrogen-bond donors (Lipinski definition) is 0. The molecule has 0 bridgehead atoms. The molecule has 7 heteroatoms. The molecule has 7 nitrogen and oxygen atoms in total. The van der Waals surface area contributed by atoms with Crippen molar-refractivity contribution in [2.45, 2.75) is 40.2 Å². The molecule has 2 aromatic heterocycles. The zero-order valence-electron chi connectivity index (χ0n) is 14.3. The third-order valence-corrected chi connectivity index (χ3v) is 4.68. The van der Waals surface area contributed by atoms with Crippen LogP contribution in [0.15, 0.2) is 21.8 Å². The van der Waals surface area contributed by atoms with Crippen LogP contribution in [-0.4, -0.2) is 38.6 Å². The minimum atomic E-state index is -0.0147. The Hall–Kier alpha value is -2.44. The van der Waals surface area contributed by atoms with Gasteiger partial charge in [0.05, 0.1) is 12.0 Å². The molecule has 3 rings (SSSR count). The van der Waals surface area contributed by atoms with E-state index in [-0.39, 0.29) is 11.5 Å². The molecular weight excluding hydrogens is 308 g/mol. The van der Waals surface area contributed by atoms with E-state index in [9.17, 15) is 9.59 Å². The first-order chi connectivity index (χ1) is 11.5.